The van der Waals surface area contributed by atoms with Crippen LogP contribution in [0.4, 0.5) is 0 Å². The fourth-order valence-electron chi connectivity index (χ4n) is 2.10. The van der Waals surface area contributed by atoms with Gasteiger partial charge in [-0.1, -0.05) is 17.7 Å². The lowest BCUT2D eigenvalue weighted by molar-refractivity contribution is -0.142. The molecule has 6 heteroatoms. The number of carbonyl (C=O) groups excluding carboxylic acids is 2. The Morgan fingerprint density at radius 3 is 2.59 bits per heavy atom. The van der Waals surface area contributed by atoms with E-state index >= 15 is 0 Å². The molecule has 0 aliphatic rings. The van der Waals surface area contributed by atoms with Gasteiger partial charge in [0.1, 0.15) is 6.61 Å². The number of pyridine rings is 1. The van der Waals surface area contributed by atoms with E-state index < -0.39 is 11.9 Å². The molecule has 1 aromatic carbocycles. The van der Waals surface area contributed by atoms with Crippen molar-refractivity contribution in [2.45, 2.75) is 27.4 Å². The van der Waals surface area contributed by atoms with Crippen molar-refractivity contribution < 1.29 is 24.2 Å². The average molecular weight is 303 g/mol. The summed E-state index contributed by atoms with van der Waals surface area (Å²) in [5, 5.41) is 11.4. The van der Waals surface area contributed by atoms with Gasteiger partial charge in [0.05, 0.1) is 12.3 Å². The van der Waals surface area contributed by atoms with Gasteiger partial charge in [0.2, 0.25) is 0 Å². The number of rotatable bonds is 4. The molecule has 0 atom stereocenters. The van der Waals surface area contributed by atoms with Crippen LogP contribution in [0.1, 0.15) is 35.6 Å². The third-order valence-electron chi connectivity index (χ3n) is 3.09. The first-order chi connectivity index (χ1) is 10.4. The molecule has 0 unspecified atom stereocenters. The number of aromatic hydroxyl groups is 1. The van der Waals surface area contributed by atoms with Crippen molar-refractivity contribution >= 4 is 22.7 Å². The Morgan fingerprint density at radius 1 is 1.23 bits per heavy atom. The largest absolute Gasteiger partial charge is 0.505 e. The summed E-state index contributed by atoms with van der Waals surface area (Å²) in [6.07, 6.45) is 0. The highest BCUT2D eigenvalue weighted by Crippen LogP contribution is 2.31. The summed E-state index contributed by atoms with van der Waals surface area (Å²) in [6.45, 7) is 4.94. The first-order valence-electron chi connectivity index (χ1n) is 6.86. The van der Waals surface area contributed by atoms with Crippen LogP contribution in [0.2, 0.25) is 0 Å². The molecular weight excluding hydrogens is 286 g/mol. The number of carbonyl (C=O) groups is 2. The fraction of sp³-hybridized carbons (Fsp3) is 0.312. The lowest BCUT2D eigenvalue weighted by atomic mass is 10.0. The molecule has 0 radical (unpaired) electrons. The second-order valence-corrected chi connectivity index (χ2v) is 4.81. The van der Waals surface area contributed by atoms with Crippen LogP contribution in [0.15, 0.2) is 18.2 Å². The highest BCUT2D eigenvalue weighted by Gasteiger charge is 2.20. The van der Waals surface area contributed by atoms with E-state index in [1.54, 1.807) is 13.0 Å². The zero-order chi connectivity index (χ0) is 16.3. The molecule has 0 fully saturated rings. The number of hydrogen-bond acceptors (Lipinski definition) is 6. The number of nitrogens with zero attached hydrogens (tertiary/aromatic N) is 1. The van der Waals surface area contributed by atoms with E-state index in [0.29, 0.717) is 16.5 Å². The Labute approximate surface area is 127 Å². The smallest absolute Gasteiger partial charge is 0.360 e. The van der Waals surface area contributed by atoms with Gasteiger partial charge in [-0.25, -0.2) is 9.78 Å². The molecule has 2 aromatic rings. The maximum Gasteiger partial charge on any atom is 0.360 e. The van der Waals surface area contributed by atoms with E-state index in [2.05, 4.69) is 4.98 Å². The van der Waals surface area contributed by atoms with E-state index in [9.17, 15) is 14.7 Å². The van der Waals surface area contributed by atoms with Crippen LogP contribution in [0.5, 0.6) is 5.75 Å². The number of ether oxygens (including phenoxy) is 2. The predicted molar refractivity (Wildman–Crippen MR) is 79.6 cm³/mol. The monoisotopic (exact) mass is 303 g/mol. The molecule has 1 heterocycles. The van der Waals surface area contributed by atoms with Crippen molar-refractivity contribution in [2.24, 2.45) is 0 Å². The van der Waals surface area contributed by atoms with Crippen LogP contribution in [0, 0.1) is 6.92 Å². The van der Waals surface area contributed by atoms with Gasteiger partial charge in [0.25, 0.3) is 0 Å². The standard InChI is InChI=1S/C16H17NO5/c1-4-21-16(20)14-15(19)11-6-5-9(2)7-12(11)13(17-14)8-22-10(3)18/h5-7,19H,4,8H2,1-3H3. The Morgan fingerprint density at radius 2 is 1.95 bits per heavy atom. The summed E-state index contributed by atoms with van der Waals surface area (Å²) in [6, 6.07) is 5.32. The van der Waals surface area contributed by atoms with Gasteiger partial charge in [-0.15, -0.1) is 0 Å². The van der Waals surface area contributed by atoms with E-state index in [1.165, 1.54) is 6.92 Å². The summed E-state index contributed by atoms with van der Waals surface area (Å²) in [5.41, 5.74) is 1.18. The number of aromatic nitrogens is 1. The van der Waals surface area contributed by atoms with Crippen LogP contribution in [0.3, 0.4) is 0 Å². The molecule has 0 aliphatic heterocycles. The second-order valence-electron chi connectivity index (χ2n) is 4.81. The molecule has 22 heavy (non-hydrogen) atoms. The van der Waals surface area contributed by atoms with Gasteiger partial charge in [0.15, 0.2) is 11.4 Å². The molecule has 1 aromatic heterocycles. The third kappa shape index (κ3) is 3.16. The SMILES string of the molecule is CCOC(=O)c1nc(COC(C)=O)c2cc(C)ccc2c1O. The van der Waals surface area contributed by atoms with E-state index in [1.807, 2.05) is 19.1 Å². The highest BCUT2D eigenvalue weighted by atomic mass is 16.5. The van der Waals surface area contributed by atoms with Gasteiger partial charge in [-0.05, 0) is 19.9 Å². The topological polar surface area (TPSA) is 85.7 Å². The molecule has 0 bridgehead atoms. The van der Waals surface area contributed by atoms with Crippen LogP contribution in [-0.4, -0.2) is 28.6 Å². The van der Waals surface area contributed by atoms with Gasteiger partial charge < -0.3 is 14.6 Å². The molecular formula is C16H17NO5. The molecule has 0 aliphatic carbocycles. The van der Waals surface area contributed by atoms with Gasteiger partial charge in [-0.2, -0.15) is 0 Å². The first-order valence-corrected chi connectivity index (χ1v) is 6.86. The van der Waals surface area contributed by atoms with Gasteiger partial charge >= 0.3 is 11.9 Å². The van der Waals surface area contributed by atoms with Crippen molar-refractivity contribution in [3.8, 4) is 5.75 Å². The van der Waals surface area contributed by atoms with Crippen LogP contribution < -0.4 is 0 Å². The van der Waals surface area contributed by atoms with Crippen molar-refractivity contribution in [3.63, 3.8) is 0 Å². The summed E-state index contributed by atoms with van der Waals surface area (Å²) >= 11 is 0. The molecule has 1 N–H and O–H groups in total. The Balaban J connectivity index is 2.62. The lowest BCUT2D eigenvalue weighted by Gasteiger charge is -2.12. The number of hydrogen-bond donors (Lipinski definition) is 1. The summed E-state index contributed by atoms with van der Waals surface area (Å²) in [7, 11) is 0. The van der Waals surface area contributed by atoms with E-state index in [-0.39, 0.29) is 24.7 Å². The van der Waals surface area contributed by atoms with Crippen LogP contribution >= 0.6 is 0 Å². The number of aryl methyl sites for hydroxylation is 1. The molecule has 0 spiro atoms. The maximum absolute atomic E-state index is 11.9. The molecule has 0 saturated heterocycles. The molecule has 0 amide bonds. The average Bonchev–Trinajstić information content (AvgIpc) is 2.46. The summed E-state index contributed by atoms with van der Waals surface area (Å²) < 4.78 is 9.87. The lowest BCUT2D eigenvalue weighted by Crippen LogP contribution is -2.11. The number of benzene rings is 1. The maximum atomic E-state index is 11.9. The number of esters is 2. The van der Waals surface area contributed by atoms with Crippen molar-refractivity contribution in [1.29, 1.82) is 0 Å². The van der Waals surface area contributed by atoms with Gasteiger partial charge in [0, 0.05) is 17.7 Å². The Hall–Kier alpha value is -2.63. The highest BCUT2D eigenvalue weighted by molar-refractivity contribution is 6.00. The Kier molecular flexibility index (Phi) is 4.60. The molecule has 6 nitrogen and oxygen atoms in total. The van der Waals surface area contributed by atoms with Crippen molar-refractivity contribution in [3.05, 3.63) is 35.2 Å². The van der Waals surface area contributed by atoms with E-state index in [0.717, 1.165) is 5.56 Å². The molecule has 2 rings (SSSR count). The minimum absolute atomic E-state index is 0.0814. The van der Waals surface area contributed by atoms with Crippen molar-refractivity contribution in [1.82, 2.24) is 4.98 Å². The number of fused-ring (bicyclic) bond motifs is 1. The first kappa shape index (κ1) is 15.8. The quantitative estimate of drug-likeness (QED) is 0.873. The van der Waals surface area contributed by atoms with Gasteiger partial charge in [-0.3, -0.25) is 4.79 Å². The van der Waals surface area contributed by atoms with Crippen LogP contribution in [-0.2, 0) is 20.9 Å². The molecule has 116 valence electrons. The Bertz CT molecular complexity index is 739. The third-order valence-corrected chi connectivity index (χ3v) is 3.09. The zero-order valence-corrected chi connectivity index (χ0v) is 12.7. The summed E-state index contributed by atoms with van der Waals surface area (Å²) in [5.74, 6) is -1.40. The fourth-order valence-corrected chi connectivity index (χ4v) is 2.10. The predicted octanol–water partition coefficient (Wildman–Crippen LogP) is 2.49. The van der Waals surface area contributed by atoms with Crippen molar-refractivity contribution in [2.75, 3.05) is 6.61 Å². The molecule has 0 saturated carbocycles. The van der Waals surface area contributed by atoms with Crippen LogP contribution in [0.25, 0.3) is 10.8 Å². The second kappa shape index (κ2) is 6.43. The minimum atomic E-state index is -0.716. The van der Waals surface area contributed by atoms with E-state index in [4.69, 9.17) is 9.47 Å². The zero-order valence-electron chi connectivity index (χ0n) is 12.7. The summed E-state index contributed by atoms with van der Waals surface area (Å²) in [4.78, 5) is 27.1. The minimum Gasteiger partial charge on any atom is -0.505 e. The normalized spacial score (nSPS) is 10.5.